The van der Waals surface area contributed by atoms with Gasteiger partial charge in [0.25, 0.3) is 0 Å². The Morgan fingerprint density at radius 1 is 1.35 bits per heavy atom. The maximum Gasteiger partial charge on any atom is 0.0967 e. The van der Waals surface area contributed by atoms with E-state index in [2.05, 4.69) is 44.0 Å². The standard InChI is InChI=1S/C14H27N3/c1-11(2)16-14(9-15)7-8-17-10-12(3)5-6-13(17)4/h11-14,16H,5-8,10H2,1-4H3. The van der Waals surface area contributed by atoms with Crippen LogP contribution < -0.4 is 5.32 Å². The SMILES string of the molecule is CC1CCC(C)N(CCC(C#N)NC(C)C)C1. The molecule has 3 atom stereocenters. The van der Waals surface area contributed by atoms with E-state index in [4.69, 9.17) is 5.26 Å². The molecule has 0 bridgehead atoms. The molecule has 1 N–H and O–H groups in total. The summed E-state index contributed by atoms with van der Waals surface area (Å²) in [6.45, 7) is 11.1. The Morgan fingerprint density at radius 3 is 2.65 bits per heavy atom. The van der Waals surface area contributed by atoms with Crippen molar-refractivity contribution in [2.24, 2.45) is 5.92 Å². The number of nitriles is 1. The van der Waals surface area contributed by atoms with Crippen LogP contribution in [0.1, 0.15) is 47.0 Å². The Labute approximate surface area is 106 Å². The van der Waals surface area contributed by atoms with E-state index >= 15 is 0 Å². The van der Waals surface area contributed by atoms with Crippen molar-refractivity contribution in [1.29, 1.82) is 5.26 Å². The average molecular weight is 237 g/mol. The molecule has 3 nitrogen and oxygen atoms in total. The molecule has 0 aromatic heterocycles. The van der Waals surface area contributed by atoms with Crippen molar-refractivity contribution >= 4 is 0 Å². The minimum absolute atomic E-state index is 0.000525. The molecule has 0 spiro atoms. The second-order valence-corrected chi connectivity index (χ2v) is 5.82. The van der Waals surface area contributed by atoms with Gasteiger partial charge in [0.1, 0.15) is 0 Å². The molecule has 17 heavy (non-hydrogen) atoms. The molecular weight excluding hydrogens is 210 g/mol. The fraction of sp³-hybridized carbons (Fsp3) is 0.929. The van der Waals surface area contributed by atoms with Crippen LogP contribution in [0.4, 0.5) is 0 Å². The predicted molar refractivity (Wildman–Crippen MR) is 71.7 cm³/mol. The van der Waals surface area contributed by atoms with Crippen LogP contribution in [0.15, 0.2) is 0 Å². The molecule has 1 saturated heterocycles. The fourth-order valence-electron chi connectivity index (χ4n) is 2.57. The van der Waals surface area contributed by atoms with E-state index in [1.807, 2.05) is 0 Å². The van der Waals surface area contributed by atoms with Gasteiger partial charge in [-0.3, -0.25) is 5.32 Å². The topological polar surface area (TPSA) is 39.1 Å². The van der Waals surface area contributed by atoms with Crippen LogP contribution in [-0.2, 0) is 0 Å². The van der Waals surface area contributed by atoms with Crippen LogP contribution in [0.2, 0.25) is 0 Å². The Balaban J connectivity index is 2.35. The molecule has 3 unspecified atom stereocenters. The number of hydrogen-bond acceptors (Lipinski definition) is 3. The minimum atomic E-state index is -0.000525. The summed E-state index contributed by atoms with van der Waals surface area (Å²) in [6, 6.07) is 3.43. The highest BCUT2D eigenvalue weighted by Gasteiger charge is 2.23. The zero-order valence-electron chi connectivity index (χ0n) is 11.7. The number of piperidine rings is 1. The molecule has 0 aromatic carbocycles. The summed E-state index contributed by atoms with van der Waals surface area (Å²) in [5, 5.41) is 12.4. The van der Waals surface area contributed by atoms with Crippen LogP contribution >= 0.6 is 0 Å². The van der Waals surface area contributed by atoms with Crippen molar-refractivity contribution in [3.8, 4) is 6.07 Å². The second-order valence-electron chi connectivity index (χ2n) is 5.82. The number of hydrogen-bond donors (Lipinski definition) is 1. The number of rotatable bonds is 5. The normalized spacial score (nSPS) is 28.0. The molecule has 3 heteroatoms. The molecule has 0 saturated carbocycles. The first-order valence-corrected chi connectivity index (χ1v) is 6.92. The van der Waals surface area contributed by atoms with Gasteiger partial charge in [0.2, 0.25) is 0 Å². The molecule has 1 aliphatic heterocycles. The Kier molecular flexibility index (Phi) is 5.94. The maximum absolute atomic E-state index is 9.09. The van der Waals surface area contributed by atoms with Gasteiger partial charge in [0, 0.05) is 25.2 Å². The van der Waals surface area contributed by atoms with Gasteiger partial charge in [-0.15, -0.1) is 0 Å². The Hall–Kier alpha value is -0.590. The summed E-state index contributed by atoms with van der Waals surface area (Å²) in [5.74, 6) is 0.810. The maximum atomic E-state index is 9.09. The summed E-state index contributed by atoms with van der Waals surface area (Å²) in [7, 11) is 0. The third kappa shape index (κ3) is 5.06. The average Bonchev–Trinajstić information content (AvgIpc) is 2.28. The highest BCUT2D eigenvalue weighted by Crippen LogP contribution is 2.21. The van der Waals surface area contributed by atoms with Crippen molar-refractivity contribution < 1.29 is 0 Å². The lowest BCUT2D eigenvalue weighted by molar-refractivity contribution is 0.121. The van der Waals surface area contributed by atoms with Crippen molar-refractivity contribution in [1.82, 2.24) is 10.2 Å². The second kappa shape index (κ2) is 6.98. The predicted octanol–water partition coefficient (Wildman–Crippen LogP) is 2.39. The van der Waals surface area contributed by atoms with Gasteiger partial charge in [0.15, 0.2) is 0 Å². The van der Waals surface area contributed by atoms with Crippen molar-refractivity contribution in [3.05, 3.63) is 0 Å². The zero-order chi connectivity index (χ0) is 12.8. The van der Waals surface area contributed by atoms with Crippen molar-refractivity contribution in [3.63, 3.8) is 0 Å². The molecule has 1 heterocycles. The van der Waals surface area contributed by atoms with Gasteiger partial charge < -0.3 is 4.90 Å². The number of likely N-dealkylation sites (tertiary alicyclic amines) is 1. The Bertz CT molecular complexity index is 257. The van der Waals surface area contributed by atoms with E-state index in [0.717, 1.165) is 18.9 Å². The van der Waals surface area contributed by atoms with Crippen molar-refractivity contribution in [2.75, 3.05) is 13.1 Å². The summed E-state index contributed by atoms with van der Waals surface area (Å²) in [5.41, 5.74) is 0. The van der Waals surface area contributed by atoms with E-state index in [9.17, 15) is 0 Å². The van der Waals surface area contributed by atoms with Gasteiger partial charge in [0.05, 0.1) is 12.1 Å². The van der Waals surface area contributed by atoms with E-state index in [1.54, 1.807) is 0 Å². The zero-order valence-corrected chi connectivity index (χ0v) is 11.7. The highest BCUT2D eigenvalue weighted by molar-refractivity contribution is 4.91. The first-order valence-electron chi connectivity index (χ1n) is 6.92. The van der Waals surface area contributed by atoms with E-state index in [-0.39, 0.29) is 6.04 Å². The largest absolute Gasteiger partial charge is 0.300 e. The van der Waals surface area contributed by atoms with E-state index < -0.39 is 0 Å². The molecule has 0 radical (unpaired) electrons. The highest BCUT2D eigenvalue weighted by atomic mass is 15.2. The van der Waals surface area contributed by atoms with Gasteiger partial charge in [-0.2, -0.15) is 5.26 Å². The molecule has 1 rings (SSSR count). The van der Waals surface area contributed by atoms with Gasteiger partial charge in [-0.25, -0.2) is 0 Å². The molecule has 1 fully saturated rings. The molecule has 0 aliphatic carbocycles. The van der Waals surface area contributed by atoms with Gasteiger partial charge >= 0.3 is 0 Å². The summed E-state index contributed by atoms with van der Waals surface area (Å²) in [6.07, 6.45) is 3.59. The van der Waals surface area contributed by atoms with Crippen LogP contribution in [0.5, 0.6) is 0 Å². The Morgan fingerprint density at radius 2 is 2.06 bits per heavy atom. The summed E-state index contributed by atoms with van der Waals surface area (Å²) in [4.78, 5) is 2.54. The summed E-state index contributed by atoms with van der Waals surface area (Å²) < 4.78 is 0. The third-order valence-electron chi connectivity index (χ3n) is 3.64. The minimum Gasteiger partial charge on any atom is -0.300 e. The lowest BCUT2D eigenvalue weighted by atomic mass is 9.94. The number of nitrogens with zero attached hydrogens (tertiary/aromatic N) is 2. The van der Waals surface area contributed by atoms with Crippen LogP contribution in [0.25, 0.3) is 0 Å². The van der Waals surface area contributed by atoms with Crippen LogP contribution in [-0.4, -0.2) is 36.1 Å². The van der Waals surface area contributed by atoms with Crippen LogP contribution in [0.3, 0.4) is 0 Å². The van der Waals surface area contributed by atoms with Gasteiger partial charge in [-0.05, 0) is 46.0 Å². The summed E-state index contributed by atoms with van der Waals surface area (Å²) >= 11 is 0. The number of nitrogens with one attached hydrogen (secondary N) is 1. The van der Waals surface area contributed by atoms with Crippen molar-refractivity contribution in [2.45, 2.75) is 65.1 Å². The molecule has 98 valence electrons. The third-order valence-corrected chi connectivity index (χ3v) is 3.64. The van der Waals surface area contributed by atoms with Gasteiger partial charge in [-0.1, -0.05) is 6.92 Å². The molecule has 0 aromatic rings. The molecular formula is C14H27N3. The first-order chi connectivity index (χ1) is 8.02. The van der Waals surface area contributed by atoms with E-state index in [0.29, 0.717) is 12.1 Å². The molecule has 1 aliphatic rings. The first kappa shape index (κ1) is 14.5. The lowest BCUT2D eigenvalue weighted by Crippen LogP contribution is -2.44. The fourth-order valence-corrected chi connectivity index (χ4v) is 2.57. The van der Waals surface area contributed by atoms with Crippen LogP contribution in [0, 0.1) is 17.2 Å². The lowest BCUT2D eigenvalue weighted by Gasteiger charge is -2.37. The quantitative estimate of drug-likeness (QED) is 0.798. The molecule has 0 amide bonds. The smallest absolute Gasteiger partial charge is 0.0967 e. The van der Waals surface area contributed by atoms with E-state index in [1.165, 1.54) is 19.4 Å². The monoisotopic (exact) mass is 237 g/mol.